The van der Waals surface area contributed by atoms with Gasteiger partial charge in [-0.3, -0.25) is 4.79 Å². The Labute approximate surface area is 149 Å². The van der Waals surface area contributed by atoms with E-state index < -0.39 is 10.0 Å². The molecule has 0 bridgehead atoms. The Balaban J connectivity index is 1.72. The van der Waals surface area contributed by atoms with Gasteiger partial charge in [0.2, 0.25) is 10.0 Å². The summed E-state index contributed by atoms with van der Waals surface area (Å²) < 4.78 is 26.7. The molecule has 0 radical (unpaired) electrons. The van der Waals surface area contributed by atoms with E-state index in [9.17, 15) is 13.2 Å². The topological polar surface area (TPSA) is 78.8 Å². The molecular formula is C18H25N3O3S. The van der Waals surface area contributed by atoms with Gasteiger partial charge in [-0.15, -0.1) is 0 Å². The van der Waals surface area contributed by atoms with Crippen molar-refractivity contribution in [3.05, 3.63) is 29.8 Å². The lowest BCUT2D eigenvalue weighted by molar-refractivity contribution is 0.0954. The molecule has 0 aromatic heterocycles. The van der Waals surface area contributed by atoms with E-state index in [1.54, 1.807) is 18.2 Å². The molecule has 2 aliphatic rings. The van der Waals surface area contributed by atoms with Gasteiger partial charge >= 0.3 is 0 Å². The first-order chi connectivity index (χ1) is 12.0. The Bertz CT molecular complexity index is 768. The van der Waals surface area contributed by atoms with Crippen molar-refractivity contribution in [3.8, 4) is 0 Å². The van der Waals surface area contributed by atoms with Crippen LogP contribution in [-0.4, -0.2) is 37.4 Å². The highest BCUT2D eigenvalue weighted by Crippen LogP contribution is 2.22. The van der Waals surface area contributed by atoms with Crippen LogP contribution in [0.15, 0.2) is 34.3 Å². The molecular weight excluding hydrogens is 338 g/mol. The smallest absolute Gasteiger partial charge is 0.267 e. The number of amides is 1. The van der Waals surface area contributed by atoms with Crippen LogP contribution in [-0.2, 0) is 10.0 Å². The normalized spacial score (nSPS) is 23.7. The average Bonchev–Trinajstić information content (AvgIpc) is 3.15. The number of sulfonamides is 1. The van der Waals surface area contributed by atoms with Crippen molar-refractivity contribution in [1.29, 1.82) is 0 Å². The SMILES string of the molecule is CC1CCC/C(=N\NC(=O)c2cccc(S(=O)(=O)N3CCCC3)c2)C1. The molecule has 1 saturated heterocycles. The van der Waals surface area contributed by atoms with E-state index in [0.717, 1.165) is 37.8 Å². The fraction of sp³-hybridized carbons (Fsp3) is 0.556. The van der Waals surface area contributed by atoms with Crippen LogP contribution in [0.4, 0.5) is 0 Å². The molecule has 1 aliphatic carbocycles. The van der Waals surface area contributed by atoms with Crippen LogP contribution >= 0.6 is 0 Å². The standard InChI is InChI=1S/C18H25N3O3S/c1-14-6-4-8-16(12-14)19-20-18(22)15-7-5-9-17(13-15)25(23,24)21-10-2-3-11-21/h5,7,9,13-14H,2-4,6,8,10-12H2,1H3,(H,20,22)/b19-16+. The maximum Gasteiger partial charge on any atom is 0.271 e. The number of rotatable bonds is 4. The van der Waals surface area contributed by atoms with Crippen LogP contribution in [0.25, 0.3) is 0 Å². The number of nitrogens with zero attached hydrogens (tertiary/aromatic N) is 2. The van der Waals surface area contributed by atoms with Crippen LogP contribution in [0.1, 0.15) is 55.8 Å². The lowest BCUT2D eigenvalue weighted by Crippen LogP contribution is -2.28. The molecule has 7 heteroatoms. The molecule has 136 valence electrons. The molecule has 25 heavy (non-hydrogen) atoms. The van der Waals surface area contributed by atoms with Gasteiger partial charge in [0.25, 0.3) is 5.91 Å². The average molecular weight is 363 g/mol. The summed E-state index contributed by atoms with van der Waals surface area (Å²) in [5, 5.41) is 4.24. The number of hydrogen-bond donors (Lipinski definition) is 1. The molecule has 0 spiro atoms. The highest BCUT2D eigenvalue weighted by molar-refractivity contribution is 7.89. The summed E-state index contributed by atoms with van der Waals surface area (Å²) >= 11 is 0. The largest absolute Gasteiger partial charge is 0.271 e. The quantitative estimate of drug-likeness (QED) is 0.836. The Morgan fingerprint density at radius 2 is 2.00 bits per heavy atom. The van der Waals surface area contributed by atoms with Gasteiger partial charge in [0.1, 0.15) is 0 Å². The second kappa shape index (κ2) is 7.66. The molecule has 1 saturated carbocycles. The maximum atomic E-state index is 12.6. The second-order valence-electron chi connectivity index (χ2n) is 6.96. The zero-order chi connectivity index (χ0) is 17.9. The van der Waals surface area contributed by atoms with Gasteiger partial charge in [-0.25, -0.2) is 13.8 Å². The molecule has 1 unspecified atom stereocenters. The summed E-state index contributed by atoms with van der Waals surface area (Å²) in [6.45, 7) is 3.28. The Kier molecular flexibility index (Phi) is 5.54. The Morgan fingerprint density at radius 1 is 1.24 bits per heavy atom. The molecule has 1 amide bonds. The first-order valence-electron chi connectivity index (χ1n) is 8.93. The molecule has 1 N–H and O–H groups in total. The summed E-state index contributed by atoms with van der Waals surface area (Å²) in [5.41, 5.74) is 3.90. The molecule has 2 fully saturated rings. The Hall–Kier alpha value is -1.73. The van der Waals surface area contributed by atoms with Crippen molar-refractivity contribution in [2.75, 3.05) is 13.1 Å². The zero-order valence-corrected chi connectivity index (χ0v) is 15.4. The first kappa shape index (κ1) is 18.1. The van der Waals surface area contributed by atoms with Crippen molar-refractivity contribution in [3.63, 3.8) is 0 Å². The van der Waals surface area contributed by atoms with Gasteiger partial charge in [-0.2, -0.15) is 9.41 Å². The van der Waals surface area contributed by atoms with E-state index in [1.165, 1.54) is 16.8 Å². The van der Waals surface area contributed by atoms with Crippen LogP contribution in [0.2, 0.25) is 0 Å². The predicted octanol–water partition coefficient (Wildman–Crippen LogP) is 2.77. The van der Waals surface area contributed by atoms with E-state index in [4.69, 9.17) is 0 Å². The van der Waals surface area contributed by atoms with E-state index in [1.807, 2.05) is 0 Å². The lowest BCUT2D eigenvalue weighted by atomic mass is 9.89. The van der Waals surface area contributed by atoms with Crippen LogP contribution in [0, 0.1) is 5.92 Å². The molecule has 1 heterocycles. The van der Waals surface area contributed by atoms with Gasteiger partial charge in [-0.05, 0) is 62.6 Å². The molecule has 1 aromatic rings. The number of carbonyl (C=O) groups excluding carboxylic acids is 1. The number of hydrogen-bond acceptors (Lipinski definition) is 4. The Morgan fingerprint density at radius 3 is 2.72 bits per heavy atom. The summed E-state index contributed by atoms with van der Waals surface area (Å²) in [6.07, 6.45) is 5.88. The third-order valence-corrected chi connectivity index (χ3v) is 6.76. The lowest BCUT2D eigenvalue weighted by Gasteiger charge is -2.19. The third-order valence-electron chi connectivity index (χ3n) is 4.86. The molecule has 1 atom stereocenters. The van der Waals surface area contributed by atoms with Gasteiger partial charge in [0.05, 0.1) is 4.90 Å². The van der Waals surface area contributed by atoms with Gasteiger partial charge < -0.3 is 0 Å². The molecule has 1 aliphatic heterocycles. The van der Waals surface area contributed by atoms with Crippen molar-refractivity contribution in [2.45, 2.75) is 50.3 Å². The molecule has 3 rings (SSSR count). The fourth-order valence-electron chi connectivity index (χ4n) is 3.43. The number of nitrogens with one attached hydrogen (secondary N) is 1. The van der Waals surface area contributed by atoms with E-state index in [-0.39, 0.29) is 10.8 Å². The predicted molar refractivity (Wildman–Crippen MR) is 97.0 cm³/mol. The minimum Gasteiger partial charge on any atom is -0.267 e. The van der Waals surface area contributed by atoms with Crippen molar-refractivity contribution >= 4 is 21.6 Å². The fourth-order valence-corrected chi connectivity index (χ4v) is 5.00. The van der Waals surface area contributed by atoms with Crippen molar-refractivity contribution < 1.29 is 13.2 Å². The van der Waals surface area contributed by atoms with E-state index >= 15 is 0 Å². The monoisotopic (exact) mass is 363 g/mol. The van der Waals surface area contributed by atoms with Gasteiger partial charge in [-0.1, -0.05) is 13.0 Å². The molecule has 6 nitrogen and oxygen atoms in total. The maximum absolute atomic E-state index is 12.6. The zero-order valence-electron chi connectivity index (χ0n) is 14.6. The van der Waals surface area contributed by atoms with Crippen LogP contribution < -0.4 is 5.43 Å². The number of benzene rings is 1. The summed E-state index contributed by atoms with van der Waals surface area (Å²) in [7, 11) is -3.52. The van der Waals surface area contributed by atoms with Gasteiger partial charge in [0.15, 0.2) is 0 Å². The van der Waals surface area contributed by atoms with E-state index in [0.29, 0.717) is 24.6 Å². The highest BCUT2D eigenvalue weighted by Gasteiger charge is 2.27. The summed E-state index contributed by atoms with van der Waals surface area (Å²) in [4.78, 5) is 12.5. The highest BCUT2D eigenvalue weighted by atomic mass is 32.2. The van der Waals surface area contributed by atoms with Crippen molar-refractivity contribution in [2.24, 2.45) is 11.0 Å². The van der Waals surface area contributed by atoms with Gasteiger partial charge in [0, 0.05) is 24.4 Å². The first-order valence-corrected chi connectivity index (χ1v) is 10.4. The second-order valence-corrected chi connectivity index (χ2v) is 8.90. The summed E-state index contributed by atoms with van der Waals surface area (Å²) in [5.74, 6) is 0.225. The number of carbonyl (C=O) groups is 1. The van der Waals surface area contributed by atoms with E-state index in [2.05, 4.69) is 17.5 Å². The van der Waals surface area contributed by atoms with Crippen LogP contribution in [0.5, 0.6) is 0 Å². The minimum atomic E-state index is -3.52. The molecule has 1 aromatic carbocycles. The third kappa shape index (κ3) is 4.27. The minimum absolute atomic E-state index is 0.168. The van der Waals surface area contributed by atoms with Crippen LogP contribution in [0.3, 0.4) is 0 Å². The number of hydrazone groups is 1. The summed E-state index contributed by atoms with van der Waals surface area (Å²) in [6, 6.07) is 6.20. The van der Waals surface area contributed by atoms with Crippen molar-refractivity contribution in [1.82, 2.24) is 9.73 Å².